The molecule has 3 aromatic carbocycles. The number of ether oxygens (including phenoxy) is 2. The predicted molar refractivity (Wildman–Crippen MR) is 114 cm³/mol. The molecule has 1 saturated heterocycles. The minimum absolute atomic E-state index is 0.0238. The first-order chi connectivity index (χ1) is 14.5. The third kappa shape index (κ3) is 4.68. The number of amides is 1. The van der Waals surface area contributed by atoms with Crippen molar-refractivity contribution in [2.24, 2.45) is 0 Å². The number of carbonyl (C=O) groups excluding carboxylic acids is 1. The van der Waals surface area contributed by atoms with Gasteiger partial charge in [-0.2, -0.15) is 8.78 Å². The molecule has 4 rings (SSSR count). The molecule has 1 atom stereocenters. The Balaban J connectivity index is 1.51. The zero-order valence-electron chi connectivity index (χ0n) is 15.5. The van der Waals surface area contributed by atoms with E-state index in [1.54, 1.807) is 53.4 Å². The highest BCUT2D eigenvalue weighted by Crippen LogP contribution is 2.42. The number of hydrogen-bond acceptors (Lipinski definition) is 4. The van der Waals surface area contributed by atoms with Crippen molar-refractivity contribution >= 4 is 35.0 Å². The molecule has 0 unspecified atom stereocenters. The molecule has 0 aliphatic carbocycles. The van der Waals surface area contributed by atoms with Crippen LogP contribution in [0.2, 0.25) is 5.02 Å². The molecule has 0 saturated carbocycles. The van der Waals surface area contributed by atoms with Crippen LogP contribution >= 0.6 is 23.4 Å². The van der Waals surface area contributed by atoms with Gasteiger partial charge in [-0.25, -0.2) is 0 Å². The second-order valence-corrected chi connectivity index (χ2v) is 7.93. The van der Waals surface area contributed by atoms with Crippen molar-refractivity contribution in [2.45, 2.75) is 12.0 Å². The first-order valence-electron chi connectivity index (χ1n) is 9.01. The minimum atomic E-state index is -2.87. The standard InChI is InChI=1S/C22H16ClF2NO3S/c23-15-3-9-17(10-4-15)28-18-11-5-16(6-12-18)26-20(27)13-30-21(26)14-1-7-19(8-2-14)29-22(24)25/h1-12,21-22H,13H2/t21-/m1/s1. The highest BCUT2D eigenvalue weighted by molar-refractivity contribution is 8.00. The van der Waals surface area contributed by atoms with Gasteiger partial charge in [0.1, 0.15) is 22.6 Å². The fraction of sp³-hybridized carbons (Fsp3) is 0.136. The van der Waals surface area contributed by atoms with Crippen LogP contribution in [0.4, 0.5) is 14.5 Å². The van der Waals surface area contributed by atoms with Gasteiger partial charge in [-0.15, -0.1) is 11.8 Å². The van der Waals surface area contributed by atoms with E-state index in [-0.39, 0.29) is 17.0 Å². The van der Waals surface area contributed by atoms with E-state index in [2.05, 4.69) is 4.74 Å². The van der Waals surface area contributed by atoms with Crippen LogP contribution in [-0.4, -0.2) is 18.3 Å². The van der Waals surface area contributed by atoms with Crippen LogP contribution < -0.4 is 14.4 Å². The summed E-state index contributed by atoms with van der Waals surface area (Å²) in [5, 5.41) is 0.378. The second-order valence-electron chi connectivity index (χ2n) is 6.42. The van der Waals surface area contributed by atoms with Gasteiger partial charge in [0.05, 0.1) is 5.75 Å². The zero-order valence-corrected chi connectivity index (χ0v) is 17.1. The van der Waals surface area contributed by atoms with Crippen LogP contribution in [0.3, 0.4) is 0 Å². The highest BCUT2D eigenvalue weighted by atomic mass is 35.5. The molecule has 4 nitrogen and oxygen atoms in total. The van der Waals surface area contributed by atoms with E-state index in [1.165, 1.54) is 23.9 Å². The molecule has 1 fully saturated rings. The molecule has 1 aliphatic heterocycles. The van der Waals surface area contributed by atoms with Gasteiger partial charge in [0.2, 0.25) is 5.91 Å². The molecule has 8 heteroatoms. The topological polar surface area (TPSA) is 38.8 Å². The van der Waals surface area contributed by atoms with Crippen molar-refractivity contribution < 1.29 is 23.0 Å². The second kappa shape index (κ2) is 8.93. The average Bonchev–Trinajstić information content (AvgIpc) is 3.12. The molecular weight excluding hydrogens is 432 g/mol. The summed E-state index contributed by atoms with van der Waals surface area (Å²) in [5.74, 6) is 1.68. The Bertz CT molecular complexity index is 1010. The molecule has 0 aromatic heterocycles. The number of nitrogens with zero attached hydrogens (tertiary/aromatic N) is 1. The lowest BCUT2D eigenvalue weighted by Gasteiger charge is -2.24. The fourth-order valence-electron chi connectivity index (χ4n) is 3.08. The normalized spacial score (nSPS) is 16.2. The van der Waals surface area contributed by atoms with Gasteiger partial charge in [-0.1, -0.05) is 23.7 Å². The molecule has 1 amide bonds. The Morgan fingerprint density at radius 1 is 0.900 bits per heavy atom. The third-order valence-corrected chi connectivity index (χ3v) is 5.89. The molecule has 3 aromatic rings. The number of anilines is 1. The quantitative estimate of drug-likeness (QED) is 0.431. The lowest BCUT2D eigenvalue weighted by atomic mass is 10.1. The number of hydrogen-bond donors (Lipinski definition) is 0. The molecule has 1 aliphatic rings. The lowest BCUT2D eigenvalue weighted by Crippen LogP contribution is -2.27. The Labute approximate surface area is 181 Å². The Kier molecular flexibility index (Phi) is 6.11. The van der Waals surface area contributed by atoms with Crippen LogP contribution in [0, 0.1) is 0 Å². The highest BCUT2D eigenvalue weighted by Gasteiger charge is 2.34. The summed E-state index contributed by atoms with van der Waals surface area (Å²) in [6, 6.07) is 20.6. The van der Waals surface area contributed by atoms with E-state index in [4.69, 9.17) is 16.3 Å². The molecule has 0 bridgehead atoms. The average molecular weight is 448 g/mol. The molecule has 154 valence electrons. The first kappa shape index (κ1) is 20.5. The number of halogens is 3. The maximum absolute atomic E-state index is 12.5. The molecule has 0 N–H and O–H groups in total. The smallest absolute Gasteiger partial charge is 0.387 e. The molecule has 0 radical (unpaired) electrons. The Morgan fingerprint density at radius 3 is 2.07 bits per heavy atom. The summed E-state index contributed by atoms with van der Waals surface area (Å²) < 4.78 is 34.9. The van der Waals surface area contributed by atoms with E-state index in [1.807, 2.05) is 12.1 Å². The van der Waals surface area contributed by atoms with Gasteiger partial charge < -0.3 is 9.47 Å². The summed E-state index contributed by atoms with van der Waals surface area (Å²) in [6.07, 6.45) is 0. The van der Waals surface area contributed by atoms with E-state index in [9.17, 15) is 13.6 Å². The Hall–Kier alpha value is -2.77. The van der Waals surface area contributed by atoms with Crippen molar-refractivity contribution in [1.82, 2.24) is 0 Å². The predicted octanol–water partition coefficient (Wildman–Crippen LogP) is 6.51. The number of thioether (sulfide) groups is 1. The minimum Gasteiger partial charge on any atom is -0.457 e. The monoisotopic (exact) mass is 447 g/mol. The van der Waals surface area contributed by atoms with Crippen molar-refractivity contribution in [3.05, 3.63) is 83.4 Å². The molecular formula is C22H16ClF2NO3S. The SMILES string of the molecule is O=C1CS[C@H](c2ccc(OC(F)F)cc2)N1c1ccc(Oc2ccc(Cl)cc2)cc1. The molecule has 1 heterocycles. The van der Waals surface area contributed by atoms with Crippen molar-refractivity contribution in [1.29, 1.82) is 0 Å². The summed E-state index contributed by atoms with van der Waals surface area (Å²) in [7, 11) is 0. The Morgan fingerprint density at radius 2 is 1.47 bits per heavy atom. The van der Waals surface area contributed by atoms with Gasteiger partial charge in [0, 0.05) is 10.7 Å². The van der Waals surface area contributed by atoms with Crippen LogP contribution in [-0.2, 0) is 4.79 Å². The first-order valence-corrected chi connectivity index (χ1v) is 10.4. The third-order valence-electron chi connectivity index (χ3n) is 4.42. The summed E-state index contributed by atoms with van der Waals surface area (Å²) >= 11 is 7.36. The summed E-state index contributed by atoms with van der Waals surface area (Å²) in [5.41, 5.74) is 1.56. The van der Waals surface area contributed by atoms with E-state index >= 15 is 0 Å². The number of alkyl halides is 2. The summed E-state index contributed by atoms with van der Waals surface area (Å²) in [6.45, 7) is -2.87. The van der Waals surface area contributed by atoms with Gasteiger partial charge in [-0.3, -0.25) is 9.69 Å². The maximum Gasteiger partial charge on any atom is 0.387 e. The fourth-order valence-corrected chi connectivity index (χ4v) is 4.38. The van der Waals surface area contributed by atoms with E-state index in [0.29, 0.717) is 22.3 Å². The molecule has 0 spiro atoms. The van der Waals surface area contributed by atoms with Crippen molar-refractivity contribution in [3.8, 4) is 17.2 Å². The van der Waals surface area contributed by atoms with Crippen LogP contribution in [0.15, 0.2) is 72.8 Å². The van der Waals surface area contributed by atoms with Gasteiger partial charge >= 0.3 is 6.61 Å². The largest absolute Gasteiger partial charge is 0.457 e. The number of rotatable bonds is 6. The van der Waals surface area contributed by atoms with Crippen LogP contribution in [0.1, 0.15) is 10.9 Å². The van der Waals surface area contributed by atoms with E-state index in [0.717, 1.165) is 11.3 Å². The van der Waals surface area contributed by atoms with Crippen molar-refractivity contribution in [2.75, 3.05) is 10.7 Å². The van der Waals surface area contributed by atoms with Gasteiger partial charge in [0.25, 0.3) is 0 Å². The lowest BCUT2D eigenvalue weighted by molar-refractivity contribution is -0.115. The number of benzene rings is 3. The maximum atomic E-state index is 12.5. The van der Waals surface area contributed by atoms with Crippen molar-refractivity contribution in [3.63, 3.8) is 0 Å². The number of carbonyl (C=O) groups is 1. The molecule has 30 heavy (non-hydrogen) atoms. The van der Waals surface area contributed by atoms with Crippen LogP contribution in [0.5, 0.6) is 17.2 Å². The van der Waals surface area contributed by atoms with Gasteiger partial charge in [-0.05, 0) is 66.2 Å². The van der Waals surface area contributed by atoms with Gasteiger partial charge in [0.15, 0.2) is 0 Å². The summed E-state index contributed by atoms with van der Waals surface area (Å²) in [4.78, 5) is 14.2. The zero-order chi connectivity index (χ0) is 21.1. The van der Waals surface area contributed by atoms with E-state index < -0.39 is 6.61 Å². The van der Waals surface area contributed by atoms with Crippen LogP contribution in [0.25, 0.3) is 0 Å².